The van der Waals surface area contributed by atoms with Crippen molar-refractivity contribution in [1.29, 1.82) is 0 Å². The number of fused-ring (bicyclic) bond motifs is 3. The van der Waals surface area contributed by atoms with Crippen molar-refractivity contribution in [2.45, 2.75) is 6.54 Å². The predicted octanol–water partition coefficient (Wildman–Crippen LogP) is 3.82. The van der Waals surface area contributed by atoms with Crippen LogP contribution in [0.2, 0.25) is 5.02 Å². The van der Waals surface area contributed by atoms with Gasteiger partial charge < -0.3 is 5.32 Å². The van der Waals surface area contributed by atoms with Gasteiger partial charge in [-0.2, -0.15) is 10.1 Å². The van der Waals surface area contributed by atoms with Crippen LogP contribution in [0.5, 0.6) is 0 Å². The smallest absolute Gasteiger partial charge is 0.281 e. The van der Waals surface area contributed by atoms with Crippen molar-refractivity contribution < 1.29 is 4.79 Å². The van der Waals surface area contributed by atoms with Gasteiger partial charge in [-0.15, -0.1) is 0 Å². The lowest BCUT2D eigenvalue weighted by Crippen LogP contribution is -2.23. The van der Waals surface area contributed by atoms with Crippen LogP contribution in [-0.4, -0.2) is 25.7 Å². The number of benzene rings is 3. The third-order valence-corrected chi connectivity index (χ3v) is 5.29. The largest absolute Gasteiger partial charge is 0.348 e. The fourth-order valence-electron chi connectivity index (χ4n) is 3.45. The monoisotopic (exact) mass is 429 g/mol. The maximum atomic E-state index is 12.7. The van der Waals surface area contributed by atoms with E-state index in [9.17, 15) is 9.59 Å². The lowest BCUT2D eigenvalue weighted by atomic mass is 10.1. The minimum absolute atomic E-state index is 0.235. The molecule has 5 aromatic rings. The Bertz CT molecular complexity index is 1470. The molecular formula is C23H16ClN5O2. The number of rotatable bonds is 4. The van der Waals surface area contributed by atoms with Crippen molar-refractivity contribution in [1.82, 2.24) is 25.1 Å². The molecule has 2 heterocycles. The quantitative estimate of drug-likeness (QED) is 0.454. The molecule has 0 bridgehead atoms. The molecule has 3 aromatic carbocycles. The fourth-order valence-corrected chi connectivity index (χ4v) is 3.58. The molecule has 0 aliphatic heterocycles. The molecule has 0 atom stereocenters. The molecule has 152 valence electrons. The van der Waals surface area contributed by atoms with Crippen LogP contribution in [0.1, 0.15) is 15.9 Å². The van der Waals surface area contributed by atoms with E-state index in [0.717, 1.165) is 11.1 Å². The molecule has 0 saturated carbocycles. The molecule has 5 rings (SSSR count). The van der Waals surface area contributed by atoms with Crippen molar-refractivity contribution in [3.8, 4) is 11.3 Å². The van der Waals surface area contributed by atoms with E-state index < -0.39 is 0 Å². The summed E-state index contributed by atoms with van der Waals surface area (Å²) in [6, 6.07) is 21.7. The van der Waals surface area contributed by atoms with Gasteiger partial charge in [0, 0.05) is 22.7 Å². The van der Waals surface area contributed by atoms with E-state index in [1.165, 1.54) is 0 Å². The normalized spacial score (nSPS) is 11.1. The van der Waals surface area contributed by atoms with Gasteiger partial charge in [-0.3, -0.25) is 9.59 Å². The van der Waals surface area contributed by atoms with Crippen LogP contribution >= 0.6 is 11.6 Å². The third kappa shape index (κ3) is 3.55. The van der Waals surface area contributed by atoms with Crippen molar-refractivity contribution in [2.75, 3.05) is 0 Å². The summed E-state index contributed by atoms with van der Waals surface area (Å²) < 4.78 is 1.61. The highest BCUT2D eigenvalue weighted by molar-refractivity contribution is 6.30. The highest BCUT2D eigenvalue weighted by atomic mass is 35.5. The van der Waals surface area contributed by atoms with Gasteiger partial charge in [0.05, 0.1) is 10.9 Å². The molecule has 2 N–H and O–H groups in total. The van der Waals surface area contributed by atoms with Crippen LogP contribution in [0.25, 0.3) is 27.8 Å². The summed E-state index contributed by atoms with van der Waals surface area (Å²) in [6.07, 6.45) is 0. The Morgan fingerprint density at radius 2 is 1.81 bits per heavy atom. The van der Waals surface area contributed by atoms with E-state index in [-0.39, 0.29) is 11.5 Å². The first-order valence-corrected chi connectivity index (χ1v) is 9.97. The van der Waals surface area contributed by atoms with Gasteiger partial charge in [0.2, 0.25) is 0 Å². The van der Waals surface area contributed by atoms with Gasteiger partial charge in [-0.1, -0.05) is 54.1 Å². The van der Waals surface area contributed by atoms with Gasteiger partial charge in [-0.25, -0.2) is 9.73 Å². The van der Waals surface area contributed by atoms with E-state index in [2.05, 4.69) is 20.6 Å². The molecule has 0 fully saturated rings. The Kier molecular flexibility index (Phi) is 4.72. The summed E-state index contributed by atoms with van der Waals surface area (Å²) in [6.45, 7) is 0.411. The number of hydrogen-bond donors (Lipinski definition) is 2. The number of nitrogens with zero attached hydrogens (tertiary/aromatic N) is 3. The Morgan fingerprint density at radius 1 is 1.03 bits per heavy atom. The lowest BCUT2D eigenvalue weighted by Gasteiger charge is -2.07. The average Bonchev–Trinajstić information content (AvgIpc) is 3.22. The van der Waals surface area contributed by atoms with Gasteiger partial charge in [0.25, 0.3) is 11.5 Å². The van der Waals surface area contributed by atoms with Crippen molar-refractivity contribution >= 4 is 34.1 Å². The highest BCUT2D eigenvalue weighted by Gasteiger charge is 2.15. The summed E-state index contributed by atoms with van der Waals surface area (Å²) in [5.74, 6) is -0.235. The Balaban J connectivity index is 1.55. The average molecular weight is 430 g/mol. The third-order valence-electron chi connectivity index (χ3n) is 5.04. The molecular weight excluding hydrogens is 414 g/mol. The first-order valence-electron chi connectivity index (χ1n) is 9.59. The van der Waals surface area contributed by atoms with Crippen molar-refractivity contribution in [3.63, 3.8) is 0 Å². The number of aromatic nitrogens is 4. The standard InChI is InChI=1S/C23H16ClN5O2/c24-17-9-6-15(7-10-17)20-21-26-23(31)18-11-8-16(12-19(18)29(21)28-27-20)22(30)25-13-14-4-2-1-3-5-14/h1-12,28H,13H2,(H,25,30). The molecule has 8 heteroatoms. The van der Waals surface area contributed by atoms with Gasteiger partial charge in [0.15, 0.2) is 5.65 Å². The Labute approximate surface area is 181 Å². The lowest BCUT2D eigenvalue weighted by molar-refractivity contribution is 0.0951. The maximum absolute atomic E-state index is 12.7. The second kappa shape index (κ2) is 7.70. The molecule has 0 aliphatic carbocycles. The number of amides is 1. The van der Waals surface area contributed by atoms with Crippen molar-refractivity contribution in [2.24, 2.45) is 0 Å². The summed E-state index contributed by atoms with van der Waals surface area (Å²) >= 11 is 5.97. The molecule has 1 amide bonds. The zero-order valence-electron chi connectivity index (χ0n) is 16.2. The highest BCUT2D eigenvalue weighted by Crippen LogP contribution is 2.24. The van der Waals surface area contributed by atoms with Gasteiger partial charge in [0.1, 0.15) is 5.69 Å². The SMILES string of the molecule is O=C(NCc1ccccc1)c1ccc2c(=O)nc3c(-c4ccc(Cl)cc4)n[nH]n3c2c1. The summed E-state index contributed by atoms with van der Waals surface area (Å²) in [5.41, 5.74) is 3.24. The van der Waals surface area contributed by atoms with Crippen LogP contribution in [0.3, 0.4) is 0 Å². The zero-order chi connectivity index (χ0) is 21.4. The summed E-state index contributed by atoms with van der Waals surface area (Å²) in [7, 11) is 0. The van der Waals surface area contributed by atoms with Gasteiger partial charge in [-0.05, 0) is 35.9 Å². The predicted molar refractivity (Wildman–Crippen MR) is 119 cm³/mol. The molecule has 7 nitrogen and oxygen atoms in total. The number of carbonyl (C=O) groups excluding carboxylic acids is 1. The fraction of sp³-hybridized carbons (Fsp3) is 0.0435. The summed E-state index contributed by atoms with van der Waals surface area (Å²) in [4.78, 5) is 29.5. The van der Waals surface area contributed by atoms with E-state index in [1.54, 1.807) is 34.8 Å². The van der Waals surface area contributed by atoms with Gasteiger partial charge >= 0.3 is 0 Å². The summed E-state index contributed by atoms with van der Waals surface area (Å²) in [5, 5.41) is 11.1. The molecule has 0 radical (unpaired) electrons. The molecule has 0 aliphatic rings. The molecule has 2 aromatic heterocycles. The van der Waals surface area contributed by atoms with E-state index in [4.69, 9.17) is 11.6 Å². The Hall–Kier alpha value is -3.97. The van der Waals surface area contributed by atoms with Crippen LogP contribution in [-0.2, 0) is 6.54 Å². The zero-order valence-corrected chi connectivity index (χ0v) is 16.9. The van der Waals surface area contributed by atoms with Crippen LogP contribution < -0.4 is 10.9 Å². The molecule has 0 unspecified atom stereocenters. The minimum Gasteiger partial charge on any atom is -0.348 e. The number of H-pyrrole nitrogens is 1. The first kappa shape index (κ1) is 19.0. The molecule has 0 spiro atoms. The van der Waals surface area contributed by atoms with E-state index in [0.29, 0.717) is 39.4 Å². The number of aromatic amines is 1. The van der Waals surface area contributed by atoms with Crippen LogP contribution in [0.4, 0.5) is 0 Å². The van der Waals surface area contributed by atoms with Crippen LogP contribution in [0.15, 0.2) is 77.6 Å². The minimum atomic E-state index is -0.386. The Morgan fingerprint density at radius 3 is 2.58 bits per heavy atom. The van der Waals surface area contributed by atoms with E-state index in [1.807, 2.05) is 42.5 Å². The second-order valence-electron chi connectivity index (χ2n) is 7.04. The number of nitrogens with one attached hydrogen (secondary N) is 2. The van der Waals surface area contributed by atoms with Crippen LogP contribution in [0, 0.1) is 0 Å². The van der Waals surface area contributed by atoms with E-state index >= 15 is 0 Å². The number of hydrogen-bond acceptors (Lipinski definition) is 4. The molecule has 0 saturated heterocycles. The number of halogens is 1. The number of carbonyl (C=O) groups is 1. The van der Waals surface area contributed by atoms with Crippen molar-refractivity contribution in [3.05, 3.63) is 99.3 Å². The maximum Gasteiger partial charge on any atom is 0.281 e. The molecule has 31 heavy (non-hydrogen) atoms. The first-order chi connectivity index (χ1) is 15.1. The topological polar surface area (TPSA) is 92.2 Å². The second-order valence-corrected chi connectivity index (χ2v) is 7.48.